The number of nitrogens with zero attached hydrogens (tertiary/aromatic N) is 8. The van der Waals surface area contributed by atoms with Crippen LogP contribution in [-0.4, -0.2) is 191 Å². The van der Waals surface area contributed by atoms with Gasteiger partial charge in [-0.25, -0.2) is 19.6 Å². The third-order valence-corrected chi connectivity index (χ3v) is 19.2. The number of amidine groups is 1. The number of thiazole rings is 2. The van der Waals surface area contributed by atoms with Crippen LogP contribution in [-0.2, 0) is 14.3 Å². The molecule has 0 radical (unpaired) electrons. The molecule has 2 amide bonds. The summed E-state index contributed by atoms with van der Waals surface area (Å²) < 4.78 is 133. The van der Waals surface area contributed by atoms with E-state index in [1.807, 2.05) is 121 Å². The van der Waals surface area contributed by atoms with Crippen molar-refractivity contribution in [2.24, 2.45) is 10.7 Å². The average molecular weight is 1830 g/mol. The predicted octanol–water partition coefficient (Wildman–Crippen LogP) is 16.5. The third kappa shape index (κ3) is 34.1. The lowest BCUT2D eigenvalue weighted by Crippen LogP contribution is -2.50. The number of hydrogen-bond acceptors (Lipinski definition) is 25. The molecule has 11 N–H and O–H groups in total. The van der Waals surface area contributed by atoms with Crippen LogP contribution in [0.15, 0.2) is 151 Å². The largest absolute Gasteiger partial charge is 0.573 e. The lowest BCUT2D eigenvalue weighted by Gasteiger charge is -2.36. The van der Waals surface area contributed by atoms with Crippen molar-refractivity contribution < 1.29 is 97.1 Å². The topological polar surface area (TPSA) is 349 Å². The van der Waals surface area contributed by atoms with Gasteiger partial charge in [-0.3, -0.25) is 19.2 Å². The Morgan fingerprint density at radius 1 is 0.546 bits per heavy atom. The number of carbonyl (C=O) groups excluding carboxylic acids is 5. The summed E-state index contributed by atoms with van der Waals surface area (Å²) in [7, 11) is 0. The maximum absolute atomic E-state index is 12.9. The van der Waals surface area contributed by atoms with E-state index in [1.165, 1.54) is 48.2 Å². The summed E-state index contributed by atoms with van der Waals surface area (Å²) in [6, 6.07) is 38.0. The Hall–Kier alpha value is -10.5. The molecule has 1 unspecified atom stereocenters. The number of hydrogen-bond donors (Lipinski definition) is 8. The van der Waals surface area contributed by atoms with E-state index in [2.05, 4.69) is 81.1 Å². The van der Waals surface area contributed by atoms with Crippen LogP contribution in [0.4, 0.5) is 105 Å². The zero-order chi connectivity index (χ0) is 86.9. The molecule has 3 fully saturated rings. The van der Waals surface area contributed by atoms with Gasteiger partial charge in [-0.05, 0) is 169 Å². The summed E-state index contributed by atoms with van der Waals surface area (Å²) >= 11 is 11.6. The van der Waals surface area contributed by atoms with Gasteiger partial charge in [0, 0.05) is 136 Å². The number of ether oxygens (including phenoxy) is 5. The molecule has 3 aliphatic rings. The highest BCUT2D eigenvalue weighted by Crippen LogP contribution is 2.36. The maximum atomic E-state index is 12.9. The summed E-state index contributed by atoms with van der Waals surface area (Å²) in [5, 5.41) is 21.6. The highest BCUT2D eigenvalue weighted by Gasteiger charge is 2.35. The van der Waals surface area contributed by atoms with Crippen molar-refractivity contribution in [1.29, 1.82) is 0 Å². The van der Waals surface area contributed by atoms with Crippen LogP contribution >= 0.6 is 72.5 Å². The first-order chi connectivity index (χ1) is 55.4. The number of rotatable bonds is 18. The second kappa shape index (κ2) is 44.6. The molecule has 2 aromatic heterocycles. The van der Waals surface area contributed by atoms with E-state index in [4.69, 9.17) is 48.8 Å². The van der Waals surface area contributed by atoms with Crippen molar-refractivity contribution in [2.75, 3.05) is 132 Å². The first-order valence-electron chi connectivity index (χ1n) is 35.9. The van der Waals surface area contributed by atoms with Gasteiger partial charge < -0.3 is 91.8 Å². The number of anilines is 10. The number of nitrogen functional groups attached to an aromatic ring is 2. The summed E-state index contributed by atoms with van der Waals surface area (Å²) in [5.74, 6) is -2.78. The molecule has 119 heavy (non-hydrogen) atoms. The molecular formula is C77H90BrF9N15O12PS4. The first kappa shape index (κ1) is 97.4. The van der Waals surface area contributed by atoms with Crippen LogP contribution in [0.5, 0.6) is 17.2 Å². The third-order valence-electron chi connectivity index (χ3n) is 15.8. The number of amides is 2. The number of carbonyl (C=O) groups is 6. The van der Waals surface area contributed by atoms with E-state index >= 15 is 0 Å². The van der Waals surface area contributed by atoms with Crippen molar-refractivity contribution in [1.82, 2.24) is 25.1 Å². The number of benzene rings is 6. The van der Waals surface area contributed by atoms with Gasteiger partial charge in [0.05, 0.1) is 5.33 Å². The van der Waals surface area contributed by atoms with Crippen LogP contribution in [0.3, 0.4) is 0 Å². The monoisotopic (exact) mass is 1830 g/mol. The van der Waals surface area contributed by atoms with Gasteiger partial charge in [0.2, 0.25) is 11.6 Å². The Balaban J connectivity index is 0.000000251. The minimum Gasteiger partial charge on any atom is -0.481 e. The number of Topliss-reactive ketones (excluding diaryl/α,β-unsaturated/α-hetero) is 1. The number of thioether (sulfide) groups is 1. The summed E-state index contributed by atoms with van der Waals surface area (Å²) in [6.07, 6.45) is -15.0. The molecule has 1 atom stereocenters. The second-order valence-electron chi connectivity index (χ2n) is 27.3. The van der Waals surface area contributed by atoms with Gasteiger partial charge in [-0.2, -0.15) is 14.9 Å². The Bertz CT molecular complexity index is 4730. The molecule has 0 spiro atoms. The number of carboxylic acid groups (broad SMARTS) is 1. The van der Waals surface area contributed by atoms with Crippen LogP contribution in [0.25, 0.3) is 0 Å². The predicted molar refractivity (Wildman–Crippen MR) is 459 cm³/mol. The first-order valence-corrected chi connectivity index (χ1v) is 40.1. The van der Waals surface area contributed by atoms with E-state index in [0.717, 1.165) is 139 Å². The number of carboxylic acids is 1. The highest BCUT2D eigenvalue weighted by molar-refractivity contribution is 9.09. The lowest BCUT2D eigenvalue weighted by molar-refractivity contribution is -0.275. The molecule has 0 saturated carbocycles. The minimum absolute atomic E-state index is 0. The van der Waals surface area contributed by atoms with Gasteiger partial charge in [-0.15, -0.1) is 39.5 Å². The van der Waals surface area contributed by atoms with Gasteiger partial charge in [0.15, 0.2) is 26.3 Å². The molecule has 42 heteroatoms. The summed E-state index contributed by atoms with van der Waals surface area (Å²) in [6.45, 7) is 23.3. The Morgan fingerprint density at radius 2 is 0.874 bits per heavy atom. The smallest absolute Gasteiger partial charge is 0.481 e. The molecular weight excluding hydrogens is 1740 g/mol. The fraction of sp³-hybridized carbons (Fsp3) is 0.351. The van der Waals surface area contributed by atoms with Crippen molar-refractivity contribution in [3.8, 4) is 17.2 Å². The van der Waals surface area contributed by atoms with Crippen molar-refractivity contribution in [2.45, 2.75) is 85.7 Å². The molecule has 27 nitrogen and oxygen atoms in total. The molecule has 6 aromatic carbocycles. The molecule has 3 saturated heterocycles. The minimum atomic E-state index is -4.87. The number of piperazine rings is 3. The van der Waals surface area contributed by atoms with Gasteiger partial charge >= 0.3 is 31.3 Å². The standard InChI is InChI=1S/C26H28F3N5O4S.C21H20F3N5O2S.C19H29N5O2S2.C9H6BrF3O2.C2H4O2.H3P/c1-25(2,3)38-24(36)34-13-11-33(12-14-34)18-9-7-17(8-10-18)31-23-32-22(30)21(39-23)20(35)16-5-4-6-19(15-16)37-26(27,28)29;22-21(23,24)31-16-3-1-2-13(12-16)17(30)18-19(25)28-20(32-18)27-14-4-6-15(7-5-14)29-10-8-26-9-11-29;1-5-28-16(20)22-17(27)21-14-6-8-15(9-7-14)23-10-12-24(13-11-23)18(25)26-19(2,3)4;10-5-8(14)6-2-1-3-7(4-6)15-9(11,12)13;1-2(3)4;/h4-10,15H,11-14,30H2,1-3H3,(H,31,32);1-7,12,26H,8-11,25H2,(H,27,28);6-9H,5,10-13H2,1-4H3,(H3,20,21,22,27);1-4H,5H2;1H3,(H,3,4);1H3. The van der Waals surface area contributed by atoms with E-state index in [1.54, 1.807) is 9.80 Å². The van der Waals surface area contributed by atoms with Crippen LogP contribution < -0.4 is 67.4 Å². The molecule has 8 aromatic rings. The number of nitrogens with one attached hydrogen (secondary N) is 4. The molecule has 0 bridgehead atoms. The zero-order valence-electron chi connectivity index (χ0n) is 65.6. The number of halogens is 10. The van der Waals surface area contributed by atoms with Crippen LogP contribution in [0.2, 0.25) is 0 Å². The van der Waals surface area contributed by atoms with E-state index < -0.39 is 65.1 Å². The number of ketones is 3. The summed E-state index contributed by atoms with van der Waals surface area (Å²) in [5.41, 5.74) is 22.4. The molecule has 0 aliphatic carbocycles. The fourth-order valence-electron chi connectivity index (χ4n) is 10.8. The Morgan fingerprint density at radius 3 is 1.20 bits per heavy atom. The van der Waals surface area contributed by atoms with Crippen LogP contribution in [0.1, 0.15) is 96.2 Å². The van der Waals surface area contributed by atoms with Crippen molar-refractivity contribution in [3.05, 3.63) is 172 Å². The number of alkyl halides is 10. The molecule has 11 rings (SSSR count). The Labute approximate surface area is 709 Å². The van der Waals surface area contributed by atoms with Gasteiger partial charge in [0.25, 0.3) is 5.97 Å². The fourth-order valence-corrected chi connectivity index (χ4v) is 13.6. The molecule has 644 valence electrons. The maximum Gasteiger partial charge on any atom is 0.573 e. The van der Waals surface area contributed by atoms with Crippen molar-refractivity contribution in [3.63, 3.8) is 0 Å². The zero-order valence-corrected chi connectivity index (χ0v) is 71.9. The number of aliphatic imine (C=N–C) groups is 1. The van der Waals surface area contributed by atoms with E-state index in [-0.39, 0.29) is 71.3 Å². The number of aromatic nitrogens is 2. The normalized spacial score (nSPS) is 13.7. The summed E-state index contributed by atoms with van der Waals surface area (Å²) in [4.78, 5) is 93.2. The van der Waals surface area contributed by atoms with Crippen molar-refractivity contribution >= 4 is 174 Å². The average Bonchev–Trinajstić information content (AvgIpc) is 1.68. The van der Waals surface area contributed by atoms with E-state index in [9.17, 15) is 63.5 Å². The molecule has 3 aliphatic heterocycles. The number of nitrogens with two attached hydrogens (primary N) is 3. The van der Waals surface area contributed by atoms with E-state index in [0.29, 0.717) is 65.5 Å². The van der Waals surface area contributed by atoms with Gasteiger partial charge in [-0.1, -0.05) is 93.7 Å². The molecule has 5 heterocycles. The Kier molecular flexibility index (Phi) is 36.5. The number of aliphatic carboxylic acids is 1. The number of thiocarbonyl (C=S) groups is 1. The van der Waals surface area contributed by atoms with Gasteiger partial charge in [0.1, 0.15) is 49.8 Å². The highest BCUT2D eigenvalue weighted by atomic mass is 79.9. The lowest BCUT2D eigenvalue weighted by atomic mass is 10.1. The SMILES string of the molecule is CC(=O)O.CC(C)(C)OC(=O)N1CCN(c2ccc(Nc3nc(N)c(C(=O)c4cccc(OC(F)(F)F)c4)s3)cc2)CC1.CCSC(N)=NC(=S)Nc1ccc(N2CCN(C(=O)OC(C)(C)C)CC2)cc1.Nc1nc(Nc2ccc(N3CCNCC3)cc2)sc1C(=O)c1cccc(OC(F)(F)F)c1.O=C(CBr)c1cccc(OC(F)(F)F)c1.P. The van der Waals surface area contributed by atoms with Crippen LogP contribution in [0, 0.1) is 0 Å². The quantitative estimate of drug-likeness (QED) is 0.00752. The second-order valence-corrected chi connectivity index (χ2v) is 31.5.